The van der Waals surface area contributed by atoms with Gasteiger partial charge in [0.2, 0.25) is 0 Å². The van der Waals surface area contributed by atoms with Crippen LogP contribution in [0.4, 0.5) is 5.69 Å². The molecule has 0 N–H and O–H groups in total. The summed E-state index contributed by atoms with van der Waals surface area (Å²) in [6.45, 7) is 4.45. The lowest BCUT2D eigenvalue weighted by molar-refractivity contribution is 0.668. The SMILES string of the molecule is C=Nc1c(/C(=N\Cc2ccc3c(c2)oc2cc(-n4c5ccccc5c5ccc6ccccc6c54)ccc23)c2ccc3ccccc3c2)sc2ccccc12. The Morgan fingerprint density at radius 1 is 0.574 bits per heavy atom. The predicted octanol–water partition coefficient (Wildman–Crippen LogP) is 13.6. The summed E-state index contributed by atoms with van der Waals surface area (Å²) < 4.78 is 10.2. The minimum absolute atomic E-state index is 0.486. The average Bonchev–Trinajstić information content (AvgIpc) is 3.89. The second kappa shape index (κ2) is 12.1. The van der Waals surface area contributed by atoms with Crippen LogP contribution in [-0.4, -0.2) is 17.0 Å². The smallest absolute Gasteiger partial charge is 0.137 e. The molecule has 3 aromatic heterocycles. The first kappa shape index (κ1) is 30.8. The molecule has 8 aromatic carbocycles. The summed E-state index contributed by atoms with van der Waals surface area (Å²) in [5.74, 6) is 0. The summed E-state index contributed by atoms with van der Waals surface area (Å²) in [5.41, 5.74) is 9.09. The van der Waals surface area contributed by atoms with Crippen molar-refractivity contribution in [1.82, 2.24) is 4.57 Å². The van der Waals surface area contributed by atoms with Crippen LogP contribution in [0.2, 0.25) is 0 Å². The first-order chi connectivity index (χ1) is 26.7. The normalized spacial score (nSPS) is 12.3. The van der Waals surface area contributed by atoms with Crippen molar-refractivity contribution in [2.75, 3.05) is 0 Å². The molecule has 254 valence electrons. The number of aromatic nitrogens is 1. The molecule has 0 saturated carbocycles. The fourth-order valence-corrected chi connectivity index (χ4v) is 9.39. The number of hydrogen-bond acceptors (Lipinski definition) is 4. The quantitative estimate of drug-likeness (QED) is 0.159. The van der Waals surface area contributed by atoms with Crippen molar-refractivity contribution in [2.24, 2.45) is 9.98 Å². The van der Waals surface area contributed by atoms with Gasteiger partial charge in [-0.2, -0.15) is 0 Å². The van der Waals surface area contributed by atoms with Crippen LogP contribution in [0.15, 0.2) is 178 Å². The fourth-order valence-electron chi connectivity index (χ4n) is 8.20. The largest absolute Gasteiger partial charge is 0.456 e. The van der Waals surface area contributed by atoms with Gasteiger partial charge in [-0.05, 0) is 64.8 Å². The minimum atomic E-state index is 0.486. The highest BCUT2D eigenvalue weighted by molar-refractivity contribution is 7.21. The molecule has 0 bridgehead atoms. The molecule has 0 spiro atoms. The van der Waals surface area contributed by atoms with E-state index in [2.05, 4.69) is 180 Å². The number of rotatable bonds is 6. The van der Waals surface area contributed by atoms with Crippen LogP contribution in [0.3, 0.4) is 0 Å². The zero-order valence-electron chi connectivity index (χ0n) is 29.2. The third-order valence-corrected chi connectivity index (χ3v) is 11.9. The second-order valence-corrected chi connectivity index (χ2v) is 14.9. The second-order valence-electron chi connectivity index (χ2n) is 13.8. The number of nitrogens with zero attached hydrogens (tertiary/aromatic N) is 3. The molecule has 11 rings (SSSR count). The Balaban J connectivity index is 1.03. The zero-order chi connectivity index (χ0) is 35.8. The van der Waals surface area contributed by atoms with Gasteiger partial charge in [-0.25, -0.2) is 0 Å². The van der Waals surface area contributed by atoms with Crippen molar-refractivity contribution in [3.05, 3.63) is 180 Å². The van der Waals surface area contributed by atoms with Gasteiger partial charge in [0.15, 0.2) is 0 Å². The topological polar surface area (TPSA) is 42.8 Å². The molecule has 54 heavy (non-hydrogen) atoms. The lowest BCUT2D eigenvalue weighted by Crippen LogP contribution is -2.03. The van der Waals surface area contributed by atoms with Crippen molar-refractivity contribution < 1.29 is 4.42 Å². The van der Waals surface area contributed by atoms with Crippen molar-refractivity contribution in [3.8, 4) is 5.69 Å². The molecule has 0 radical (unpaired) electrons. The van der Waals surface area contributed by atoms with E-state index in [1.54, 1.807) is 11.3 Å². The van der Waals surface area contributed by atoms with Gasteiger partial charge in [0, 0.05) is 54.3 Å². The first-order valence-electron chi connectivity index (χ1n) is 18.1. The first-order valence-corrected chi connectivity index (χ1v) is 18.9. The Kier molecular flexibility index (Phi) is 6.91. The van der Waals surface area contributed by atoms with E-state index in [0.717, 1.165) is 60.4 Å². The van der Waals surface area contributed by atoms with E-state index in [1.807, 2.05) is 0 Å². The Morgan fingerprint density at radius 3 is 2.13 bits per heavy atom. The molecule has 0 amide bonds. The van der Waals surface area contributed by atoms with Gasteiger partial charge in [-0.3, -0.25) is 9.98 Å². The Morgan fingerprint density at radius 2 is 1.26 bits per heavy atom. The van der Waals surface area contributed by atoms with Gasteiger partial charge in [0.25, 0.3) is 0 Å². The van der Waals surface area contributed by atoms with E-state index in [1.165, 1.54) is 48.1 Å². The molecule has 5 heteroatoms. The van der Waals surface area contributed by atoms with E-state index in [-0.39, 0.29) is 0 Å². The van der Waals surface area contributed by atoms with Crippen LogP contribution < -0.4 is 0 Å². The number of aliphatic imine (C=N–C) groups is 2. The Bertz CT molecular complexity index is 3340. The monoisotopic (exact) mass is 709 g/mol. The molecule has 0 saturated heterocycles. The lowest BCUT2D eigenvalue weighted by Gasteiger charge is -2.10. The summed E-state index contributed by atoms with van der Waals surface area (Å²) in [7, 11) is 0. The number of thiophene rings is 1. The summed E-state index contributed by atoms with van der Waals surface area (Å²) in [6, 6.07) is 58.2. The Hall–Kier alpha value is -6.82. The number of benzene rings is 8. The van der Waals surface area contributed by atoms with E-state index in [4.69, 9.17) is 9.41 Å². The maximum atomic E-state index is 6.66. The third kappa shape index (κ3) is 4.76. The molecule has 0 unspecified atom stereocenters. The standard InChI is InChI=1S/C49H31N3OS/c1-50-47-41-15-7-9-17-45(41)54-49(47)46(34-20-19-31-10-2-3-12-33(31)27-34)51-29-30-18-23-38-39-25-22-35(28-44(39)53-43(38)26-30)52-42-16-8-6-14-37(42)40-24-21-32-11-4-5-13-36(32)48(40)52/h2-28H,1,29H2/b51-46-. The molecular weight excluding hydrogens is 679 g/mol. The summed E-state index contributed by atoms with van der Waals surface area (Å²) in [6.07, 6.45) is 0. The predicted molar refractivity (Wildman–Crippen MR) is 230 cm³/mol. The molecular formula is C49H31N3OS. The van der Waals surface area contributed by atoms with Crippen LogP contribution in [0.1, 0.15) is 16.0 Å². The van der Waals surface area contributed by atoms with E-state index >= 15 is 0 Å². The molecule has 4 nitrogen and oxygen atoms in total. The van der Waals surface area contributed by atoms with Crippen molar-refractivity contribution in [3.63, 3.8) is 0 Å². The van der Waals surface area contributed by atoms with Crippen molar-refractivity contribution >= 4 is 105 Å². The van der Waals surface area contributed by atoms with Crippen LogP contribution in [0.5, 0.6) is 0 Å². The van der Waals surface area contributed by atoms with Crippen LogP contribution >= 0.6 is 11.3 Å². The molecule has 0 atom stereocenters. The highest BCUT2D eigenvalue weighted by atomic mass is 32.1. The Labute approximate surface area is 314 Å². The highest BCUT2D eigenvalue weighted by Crippen LogP contribution is 2.41. The maximum Gasteiger partial charge on any atom is 0.137 e. The fraction of sp³-hybridized carbons (Fsp3) is 0.0204. The highest BCUT2D eigenvalue weighted by Gasteiger charge is 2.19. The van der Waals surface area contributed by atoms with Crippen LogP contribution in [0.25, 0.3) is 81.1 Å². The van der Waals surface area contributed by atoms with Gasteiger partial charge in [0.05, 0.1) is 33.9 Å². The van der Waals surface area contributed by atoms with Gasteiger partial charge in [-0.15, -0.1) is 11.3 Å². The van der Waals surface area contributed by atoms with E-state index in [0.29, 0.717) is 6.54 Å². The van der Waals surface area contributed by atoms with E-state index in [9.17, 15) is 0 Å². The summed E-state index contributed by atoms with van der Waals surface area (Å²) in [5, 5.41) is 10.6. The van der Waals surface area contributed by atoms with Crippen molar-refractivity contribution in [1.29, 1.82) is 0 Å². The van der Waals surface area contributed by atoms with Gasteiger partial charge < -0.3 is 8.98 Å². The summed E-state index contributed by atoms with van der Waals surface area (Å²) in [4.78, 5) is 10.9. The lowest BCUT2D eigenvalue weighted by atomic mass is 10.0. The number of furan rings is 1. The van der Waals surface area contributed by atoms with Gasteiger partial charge in [-0.1, -0.05) is 121 Å². The zero-order valence-corrected chi connectivity index (χ0v) is 30.0. The third-order valence-electron chi connectivity index (χ3n) is 10.7. The molecule has 0 fully saturated rings. The molecule has 0 aliphatic heterocycles. The maximum absolute atomic E-state index is 6.66. The van der Waals surface area contributed by atoms with Crippen LogP contribution in [0, 0.1) is 0 Å². The van der Waals surface area contributed by atoms with Crippen LogP contribution in [-0.2, 0) is 6.54 Å². The number of fused-ring (bicyclic) bond motifs is 10. The molecule has 0 aliphatic rings. The minimum Gasteiger partial charge on any atom is -0.456 e. The van der Waals surface area contributed by atoms with E-state index < -0.39 is 0 Å². The average molecular weight is 710 g/mol. The number of hydrogen-bond donors (Lipinski definition) is 0. The summed E-state index contributed by atoms with van der Waals surface area (Å²) >= 11 is 1.71. The van der Waals surface area contributed by atoms with Crippen molar-refractivity contribution in [2.45, 2.75) is 6.54 Å². The molecule has 3 heterocycles. The molecule has 11 aromatic rings. The van der Waals surface area contributed by atoms with Gasteiger partial charge >= 0.3 is 0 Å². The number of para-hydroxylation sites is 1. The molecule has 0 aliphatic carbocycles. The van der Waals surface area contributed by atoms with Gasteiger partial charge in [0.1, 0.15) is 11.2 Å².